The van der Waals surface area contributed by atoms with Crippen LogP contribution in [0.15, 0.2) is 24.3 Å². The van der Waals surface area contributed by atoms with Crippen molar-refractivity contribution in [2.45, 2.75) is 82.5 Å². The monoisotopic (exact) mass is 425 g/mol. The van der Waals surface area contributed by atoms with Gasteiger partial charge < -0.3 is 20.3 Å². The number of alkyl carbamates (subject to hydrolysis) is 1. The van der Waals surface area contributed by atoms with Gasteiger partial charge in [-0.2, -0.15) is 0 Å². The number of fused-ring (bicyclic) bond motifs is 1. The molecule has 168 valence electrons. The Hall–Kier alpha value is -2.08. The van der Waals surface area contributed by atoms with E-state index < -0.39 is 0 Å². The van der Waals surface area contributed by atoms with Crippen LogP contribution in [0.2, 0.25) is 0 Å². The van der Waals surface area contributed by atoms with Gasteiger partial charge in [0, 0.05) is 31.6 Å². The van der Waals surface area contributed by atoms with E-state index in [0.717, 1.165) is 44.9 Å². The second-order valence-electron chi connectivity index (χ2n) is 10.5. The highest BCUT2D eigenvalue weighted by Crippen LogP contribution is 2.58. The third kappa shape index (κ3) is 4.19. The second kappa shape index (κ2) is 8.12. The number of nitrogens with one attached hydrogen (secondary N) is 2. The van der Waals surface area contributed by atoms with Gasteiger partial charge >= 0.3 is 6.09 Å². The topological polar surface area (TPSA) is 70.7 Å². The summed E-state index contributed by atoms with van der Waals surface area (Å²) in [6.45, 7) is 4.57. The van der Waals surface area contributed by atoms with E-state index in [2.05, 4.69) is 29.7 Å². The Morgan fingerprint density at radius 3 is 2.42 bits per heavy atom. The highest BCUT2D eigenvalue weighted by atomic mass is 16.6. The summed E-state index contributed by atoms with van der Waals surface area (Å²) in [5.41, 5.74) is 2.08. The lowest BCUT2D eigenvalue weighted by atomic mass is 9.51. The molecule has 2 unspecified atom stereocenters. The summed E-state index contributed by atoms with van der Waals surface area (Å²) in [5, 5.41) is 6.60. The molecule has 5 aliphatic rings. The van der Waals surface area contributed by atoms with E-state index >= 15 is 0 Å². The van der Waals surface area contributed by atoms with E-state index in [9.17, 15) is 9.59 Å². The van der Waals surface area contributed by atoms with Crippen LogP contribution in [0.5, 0.6) is 0 Å². The number of benzene rings is 1. The van der Waals surface area contributed by atoms with Crippen LogP contribution in [0.3, 0.4) is 0 Å². The number of hydrogen-bond donors (Lipinski definition) is 2. The fraction of sp³-hybridized carbons (Fsp3) is 0.680. The van der Waals surface area contributed by atoms with Crippen molar-refractivity contribution in [3.8, 4) is 0 Å². The molecule has 31 heavy (non-hydrogen) atoms. The lowest BCUT2D eigenvalue weighted by Gasteiger charge is -2.61. The number of nitrogens with zero attached hydrogens (tertiary/aromatic N) is 1. The summed E-state index contributed by atoms with van der Waals surface area (Å²) >= 11 is 0. The maximum Gasteiger partial charge on any atom is 0.407 e. The summed E-state index contributed by atoms with van der Waals surface area (Å²) in [6.07, 6.45) is 7.98. The van der Waals surface area contributed by atoms with E-state index in [1.54, 1.807) is 0 Å². The minimum atomic E-state index is -0.361. The van der Waals surface area contributed by atoms with Crippen molar-refractivity contribution in [2.24, 2.45) is 11.8 Å². The van der Waals surface area contributed by atoms with E-state index in [0.29, 0.717) is 38.0 Å². The largest absolute Gasteiger partial charge is 0.443 e. The van der Waals surface area contributed by atoms with Crippen molar-refractivity contribution in [2.75, 3.05) is 13.1 Å². The highest BCUT2D eigenvalue weighted by Gasteiger charge is 2.59. The molecule has 2 atom stereocenters. The Labute approximate surface area is 185 Å². The summed E-state index contributed by atoms with van der Waals surface area (Å²) in [7, 11) is 0. The molecule has 4 bridgehead atoms. The van der Waals surface area contributed by atoms with Crippen molar-refractivity contribution in [3.05, 3.63) is 35.4 Å². The van der Waals surface area contributed by atoms with Crippen LogP contribution >= 0.6 is 0 Å². The third-order valence-electron chi connectivity index (χ3n) is 7.92. The molecule has 0 saturated heterocycles. The molecule has 1 aliphatic heterocycles. The van der Waals surface area contributed by atoms with Crippen LogP contribution in [0.4, 0.5) is 4.79 Å². The first kappa shape index (κ1) is 20.8. The zero-order valence-electron chi connectivity index (χ0n) is 18.6. The molecule has 4 saturated carbocycles. The van der Waals surface area contributed by atoms with Gasteiger partial charge in [0.25, 0.3) is 0 Å². The van der Waals surface area contributed by atoms with Gasteiger partial charge in [-0.15, -0.1) is 0 Å². The van der Waals surface area contributed by atoms with Crippen LogP contribution in [0, 0.1) is 11.8 Å². The van der Waals surface area contributed by atoms with Crippen molar-refractivity contribution < 1.29 is 14.3 Å². The Balaban J connectivity index is 1.21. The van der Waals surface area contributed by atoms with Crippen molar-refractivity contribution in [3.63, 3.8) is 0 Å². The number of hydrogen-bond acceptors (Lipinski definition) is 4. The normalized spacial score (nSPS) is 32.7. The smallest absolute Gasteiger partial charge is 0.407 e. The van der Waals surface area contributed by atoms with Crippen LogP contribution < -0.4 is 10.6 Å². The van der Waals surface area contributed by atoms with Gasteiger partial charge in [0.1, 0.15) is 5.60 Å². The van der Waals surface area contributed by atoms with Crippen molar-refractivity contribution >= 4 is 12.0 Å². The van der Waals surface area contributed by atoms with E-state index in [1.807, 2.05) is 17.0 Å². The predicted molar refractivity (Wildman–Crippen MR) is 118 cm³/mol. The molecular formula is C25H35N3O3. The molecule has 0 radical (unpaired) electrons. The molecule has 4 aliphatic carbocycles. The van der Waals surface area contributed by atoms with Crippen molar-refractivity contribution in [1.29, 1.82) is 0 Å². The van der Waals surface area contributed by atoms with E-state index in [-0.39, 0.29) is 23.1 Å². The molecule has 6 rings (SSSR count). The molecule has 4 fully saturated rings. The Bertz CT molecular complexity index is 815. The molecule has 6 heteroatoms. The van der Waals surface area contributed by atoms with Gasteiger partial charge in [0.05, 0.1) is 6.54 Å². The fourth-order valence-electron chi connectivity index (χ4n) is 6.99. The standard InChI is InChI=1S/C25H35N3O3/c1-2-3-8-26-23(30)31-25-12-18-9-19(13-25)11-24(10-18,17-25)27-14-22(29)28-15-20-6-4-5-7-21(20)16-28/h4-7,18-19,27H,2-3,8-17H2,1H3,(H,26,30). The van der Waals surface area contributed by atoms with Gasteiger partial charge in [0.15, 0.2) is 0 Å². The minimum Gasteiger partial charge on any atom is -0.443 e. The Kier molecular flexibility index (Phi) is 5.45. The highest BCUT2D eigenvalue weighted by molar-refractivity contribution is 5.79. The van der Waals surface area contributed by atoms with E-state index in [4.69, 9.17) is 4.74 Å². The average molecular weight is 426 g/mol. The first-order valence-electron chi connectivity index (χ1n) is 12.0. The van der Waals surface area contributed by atoms with Gasteiger partial charge in [-0.3, -0.25) is 4.79 Å². The summed E-state index contributed by atoms with van der Waals surface area (Å²) in [6, 6.07) is 8.31. The number of rotatable bonds is 7. The molecule has 2 amide bonds. The maximum atomic E-state index is 13.0. The van der Waals surface area contributed by atoms with Gasteiger partial charge in [0.2, 0.25) is 5.91 Å². The van der Waals surface area contributed by atoms with Crippen LogP contribution in [-0.2, 0) is 22.6 Å². The Morgan fingerprint density at radius 1 is 1.10 bits per heavy atom. The summed E-state index contributed by atoms with van der Waals surface area (Å²) in [5.74, 6) is 1.34. The summed E-state index contributed by atoms with van der Waals surface area (Å²) < 4.78 is 6.09. The van der Waals surface area contributed by atoms with Crippen LogP contribution in [-0.4, -0.2) is 41.1 Å². The van der Waals surface area contributed by atoms with Gasteiger partial charge in [-0.1, -0.05) is 37.6 Å². The number of unbranched alkanes of at least 4 members (excludes halogenated alkanes) is 1. The van der Waals surface area contributed by atoms with Crippen LogP contribution in [0.1, 0.15) is 69.4 Å². The zero-order chi connectivity index (χ0) is 21.5. The predicted octanol–water partition coefficient (Wildman–Crippen LogP) is 3.74. The van der Waals surface area contributed by atoms with Gasteiger partial charge in [-0.25, -0.2) is 4.79 Å². The molecule has 1 heterocycles. The first-order valence-corrected chi connectivity index (χ1v) is 12.0. The van der Waals surface area contributed by atoms with Crippen LogP contribution in [0.25, 0.3) is 0 Å². The average Bonchev–Trinajstić information content (AvgIpc) is 3.15. The molecule has 0 aromatic heterocycles. The maximum absolute atomic E-state index is 13.0. The molecule has 1 aromatic rings. The van der Waals surface area contributed by atoms with Gasteiger partial charge in [-0.05, 0) is 61.5 Å². The fourth-order valence-corrected chi connectivity index (χ4v) is 6.99. The second-order valence-corrected chi connectivity index (χ2v) is 10.5. The quantitative estimate of drug-likeness (QED) is 0.653. The number of carbonyl (C=O) groups excluding carboxylic acids is 2. The molecule has 1 aromatic carbocycles. The van der Waals surface area contributed by atoms with E-state index in [1.165, 1.54) is 17.5 Å². The molecule has 0 spiro atoms. The lowest BCUT2D eigenvalue weighted by molar-refractivity contribution is -0.148. The number of amides is 2. The molecule has 2 N–H and O–H groups in total. The zero-order valence-corrected chi connectivity index (χ0v) is 18.6. The summed E-state index contributed by atoms with van der Waals surface area (Å²) in [4.78, 5) is 27.4. The minimum absolute atomic E-state index is 0.0734. The third-order valence-corrected chi connectivity index (χ3v) is 7.92. The Morgan fingerprint density at radius 2 is 1.77 bits per heavy atom. The van der Waals surface area contributed by atoms with Crippen molar-refractivity contribution in [1.82, 2.24) is 15.5 Å². The number of ether oxygens (including phenoxy) is 1. The SMILES string of the molecule is CCCCNC(=O)OC12CC3CC(CC(NCC(=O)N4Cc5ccccc5C4)(C3)C1)C2. The molecule has 6 nitrogen and oxygen atoms in total. The lowest BCUT2D eigenvalue weighted by Crippen LogP contribution is -2.66. The number of carbonyl (C=O) groups is 2. The first-order chi connectivity index (χ1) is 15.0. The molecular weight excluding hydrogens is 390 g/mol.